The average Bonchev–Trinajstić information content (AvgIpc) is 2.33. The van der Waals surface area contributed by atoms with E-state index >= 15 is 0 Å². The number of fused-ring (bicyclic) bond motifs is 1. The highest BCUT2D eigenvalue weighted by Crippen LogP contribution is 2.19. The van der Waals surface area contributed by atoms with Crippen molar-refractivity contribution in [1.29, 1.82) is 0 Å². The Hall–Kier alpha value is -1.78. The van der Waals surface area contributed by atoms with Crippen molar-refractivity contribution in [2.75, 3.05) is 11.5 Å². The molecule has 0 radical (unpaired) electrons. The van der Waals surface area contributed by atoms with Gasteiger partial charge in [-0.3, -0.25) is 0 Å². The van der Waals surface area contributed by atoms with Gasteiger partial charge in [-0.1, -0.05) is 0 Å². The quantitative estimate of drug-likeness (QED) is 0.566. The summed E-state index contributed by atoms with van der Waals surface area (Å²) in [5, 5.41) is 0. The molecule has 0 amide bonds. The fraction of sp³-hybridized carbons (Fsp3) is 0. The lowest BCUT2D eigenvalue weighted by molar-refractivity contribution is 0.615. The van der Waals surface area contributed by atoms with Gasteiger partial charge in [0.05, 0.1) is 11.9 Å². The van der Waals surface area contributed by atoms with Gasteiger partial charge in [0.2, 0.25) is 5.95 Å². The molecule has 5 heteroatoms. The van der Waals surface area contributed by atoms with Crippen LogP contribution in [0.5, 0.6) is 0 Å². The molecule has 2 heterocycles. The highest BCUT2D eigenvalue weighted by Gasteiger charge is 2.03. The van der Waals surface area contributed by atoms with Crippen LogP contribution in [0.15, 0.2) is 16.9 Å². The van der Waals surface area contributed by atoms with Crippen molar-refractivity contribution in [2.24, 2.45) is 0 Å². The molecule has 0 aromatic carbocycles. The van der Waals surface area contributed by atoms with E-state index in [9.17, 15) is 0 Å². The van der Waals surface area contributed by atoms with Crippen LogP contribution in [0.1, 0.15) is 0 Å². The molecule has 0 aliphatic heterocycles. The van der Waals surface area contributed by atoms with Gasteiger partial charge in [0, 0.05) is 0 Å². The Morgan fingerprint density at radius 1 is 1.36 bits per heavy atom. The van der Waals surface area contributed by atoms with Crippen LogP contribution in [0.2, 0.25) is 0 Å². The molecule has 0 saturated carbocycles. The number of aromatic nitrogens is 2. The zero-order valence-corrected chi connectivity index (χ0v) is 5.61. The van der Waals surface area contributed by atoms with Crippen LogP contribution in [0.4, 0.5) is 11.6 Å². The summed E-state index contributed by atoms with van der Waals surface area (Å²) in [6.45, 7) is 0. The fourth-order valence-electron chi connectivity index (χ4n) is 0.860. The first kappa shape index (κ1) is 5.96. The standard InChI is InChI=1S/C6H6N4O/c7-3-2-11-4-1-9-6(8)10-5(3)4/h1-2H,7H2,(H2,8,9,10). The Bertz CT molecular complexity index is 394. The van der Waals surface area contributed by atoms with E-state index in [4.69, 9.17) is 15.9 Å². The Kier molecular flexibility index (Phi) is 1.00. The summed E-state index contributed by atoms with van der Waals surface area (Å²) in [6.07, 6.45) is 2.91. The first-order valence-electron chi connectivity index (χ1n) is 3.02. The second-order valence-electron chi connectivity index (χ2n) is 2.13. The Morgan fingerprint density at radius 2 is 2.18 bits per heavy atom. The monoisotopic (exact) mass is 150 g/mol. The molecule has 0 aliphatic rings. The van der Waals surface area contributed by atoms with Crippen LogP contribution in [0.25, 0.3) is 11.1 Å². The van der Waals surface area contributed by atoms with Gasteiger partial charge < -0.3 is 15.9 Å². The smallest absolute Gasteiger partial charge is 0.220 e. The maximum Gasteiger partial charge on any atom is 0.220 e. The van der Waals surface area contributed by atoms with Gasteiger partial charge in [-0.05, 0) is 0 Å². The number of rotatable bonds is 0. The number of furan rings is 1. The summed E-state index contributed by atoms with van der Waals surface area (Å²) in [5.41, 5.74) is 12.4. The lowest BCUT2D eigenvalue weighted by Crippen LogP contribution is -1.93. The van der Waals surface area contributed by atoms with E-state index in [0.717, 1.165) is 0 Å². The third-order valence-corrected chi connectivity index (χ3v) is 1.36. The molecule has 0 spiro atoms. The number of anilines is 2. The second-order valence-corrected chi connectivity index (χ2v) is 2.13. The third-order valence-electron chi connectivity index (χ3n) is 1.36. The minimum absolute atomic E-state index is 0.200. The maximum atomic E-state index is 5.51. The van der Waals surface area contributed by atoms with Gasteiger partial charge in [0.1, 0.15) is 11.8 Å². The van der Waals surface area contributed by atoms with Crippen LogP contribution >= 0.6 is 0 Å². The largest absolute Gasteiger partial charge is 0.459 e. The molecule has 0 saturated heterocycles. The number of nitrogens with zero attached hydrogens (tertiary/aromatic N) is 2. The number of nitrogen functional groups attached to an aromatic ring is 2. The minimum atomic E-state index is 0.200. The Labute approximate surface area is 62.0 Å². The van der Waals surface area contributed by atoms with Crippen LogP contribution in [0.3, 0.4) is 0 Å². The van der Waals surface area contributed by atoms with Crippen LogP contribution in [-0.4, -0.2) is 9.97 Å². The van der Waals surface area contributed by atoms with E-state index in [1.54, 1.807) is 0 Å². The maximum absolute atomic E-state index is 5.51. The van der Waals surface area contributed by atoms with E-state index in [0.29, 0.717) is 16.8 Å². The molecule has 11 heavy (non-hydrogen) atoms. The third kappa shape index (κ3) is 0.778. The van der Waals surface area contributed by atoms with Crippen molar-refractivity contribution >= 4 is 22.7 Å². The predicted octanol–water partition coefficient (Wildman–Crippen LogP) is 0.387. The fourth-order valence-corrected chi connectivity index (χ4v) is 0.860. The second kappa shape index (κ2) is 1.85. The van der Waals surface area contributed by atoms with Gasteiger partial charge in [-0.25, -0.2) is 9.97 Å². The number of nitrogens with two attached hydrogens (primary N) is 2. The van der Waals surface area contributed by atoms with Crippen molar-refractivity contribution in [1.82, 2.24) is 9.97 Å². The minimum Gasteiger partial charge on any atom is -0.459 e. The summed E-state index contributed by atoms with van der Waals surface area (Å²) >= 11 is 0. The molecule has 56 valence electrons. The molecule has 5 nitrogen and oxygen atoms in total. The summed E-state index contributed by atoms with van der Waals surface area (Å²) in [5.74, 6) is 0.200. The van der Waals surface area contributed by atoms with Gasteiger partial charge in [-0.15, -0.1) is 0 Å². The van der Waals surface area contributed by atoms with E-state index in [1.807, 2.05) is 0 Å². The highest BCUT2D eigenvalue weighted by atomic mass is 16.3. The number of hydrogen-bond donors (Lipinski definition) is 2. The molecule has 0 atom stereocenters. The predicted molar refractivity (Wildman–Crippen MR) is 40.6 cm³/mol. The molecular formula is C6H6N4O. The van der Waals surface area contributed by atoms with E-state index in [1.165, 1.54) is 12.5 Å². The molecule has 0 unspecified atom stereocenters. The van der Waals surface area contributed by atoms with Crippen molar-refractivity contribution in [3.05, 3.63) is 12.5 Å². The molecule has 2 aromatic heterocycles. The van der Waals surface area contributed by atoms with Gasteiger partial charge >= 0.3 is 0 Å². The average molecular weight is 150 g/mol. The lowest BCUT2D eigenvalue weighted by Gasteiger charge is -1.89. The molecule has 4 N–H and O–H groups in total. The Morgan fingerprint density at radius 3 is 3.00 bits per heavy atom. The first-order valence-corrected chi connectivity index (χ1v) is 3.02. The molecule has 2 aromatic rings. The van der Waals surface area contributed by atoms with Crippen molar-refractivity contribution in [3.63, 3.8) is 0 Å². The molecule has 2 rings (SSSR count). The van der Waals surface area contributed by atoms with Crippen molar-refractivity contribution in [3.8, 4) is 0 Å². The first-order chi connectivity index (χ1) is 5.27. The van der Waals surface area contributed by atoms with Crippen LogP contribution in [-0.2, 0) is 0 Å². The topological polar surface area (TPSA) is 91.0 Å². The normalized spacial score (nSPS) is 10.5. The molecule has 0 fully saturated rings. The van der Waals surface area contributed by atoms with E-state index < -0.39 is 0 Å². The van der Waals surface area contributed by atoms with Gasteiger partial charge in [0.25, 0.3) is 0 Å². The van der Waals surface area contributed by atoms with E-state index in [-0.39, 0.29) is 5.95 Å². The summed E-state index contributed by atoms with van der Waals surface area (Å²) < 4.78 is 5.00. The highest BCUT2D eigenvalue weighted by molar-refractivity contribution is 5.85. The lowest BCUT2D eigenvalue weighted by atomic mass is 10.4. The molecule has 0 bridgehead atoms. The van der Waals surface area contributed by atoms with Crippen molar-refractivity contribution in [2.45, 2.75) is 0 Å². The summed E-state index contributed by atoms with van der Waals surface area (Å²) in [6, 6.07) is 0. The van der Waals surface area contributed by atoms with Crippen LogP contribution < -0.4 is 11.5 Å². The number of hydrogen-bond acceptors (Lipinski definition) is 5. The van der Waals surface area contributed by atoms with Gasteiger partial charge in [-0.2, -0.15) is 0 Å². The summed E-state index contributed by atoms with van der Waals surface area (Å²) in [4.78, 5) is 7.62. The Balaban J connectivity index is 2.87. The van der Waals surface area contributed by atoms with Gasteiger partial charge in [0.15, 0.2) is 5.58 Å². The van der Waals surface area contributed by atoms with Crippen LogP contribution in [0, 0.1) is 0 Å². The zero-order valence-electron chi connectivity index (χ0n) is 5.61. The van der Waals surface area contributed by atoms with Crippen molar-refractivity contribution < 1.29 is 4.42 Å². The SMILES string of the molecule is Nc1ncc2occ(N)c2n1. The molecule has 0 aliphatic carbocycles. The molecular weight excluding hydrogens is 144 g/mol. The van der Waals surface area contributed by atoms with E-state index in [2.05, 4.69) is 9.97 Å². The zero-order chi connectivity index (χ0) is 7.84. The summed E-state index contributed by atoms with van der Waals surface area (Å²) in [7, 11) is 0.